The average molecular weight is 528 g/mol. The first-order chi connectivity index (χ1) is 14.0. The van der Waals surface area contributed by atoms with E-state index >= 15 is 0 Å². The SMILES string of the molecule is CCNC(=NCC(C)Cn1nc(C)cc1C)N1CCN(C(=O)c2ccco2)CC1.I. The number of amides is 1. The first kappa shape index (κ1) is 24.2. The molecule has 0 bridgehead atoms. The van der Waals surface area contributed by atoms with Crippen molar-refractivity contribution in [2.45, 2.75) is 34.2 Å². The van der Waals surface area contributed by atoms with Crippen LogP contribution in [0.3, 0.4) is 0 Å². The van der Waals surface area contributed by atoms with Gasteiger partial charge in [0.2, 0.25) is 0 Å². The van der Waals surface area contributed by atoms with E-state index in [0.717, 1.165) is 44.4 Å². The van der Waals surface area contributed by atoms with Crippen molar-refractivity contribution < 1.29 is 9.21 Å². The highest BCUT2D eigenvalue weighted by Gasteiger charge is 2.25. The summed E-state index contributed by atoms with van der Waals surface area (Å²) in [7, 11) is 0. The summed E-state index contributed by atoms with van der Waals surface area (Å²) in [5.41, 5.74) is 2.23. The molecule has 8 nitrogen and oxygen atoms in total. The van der Waals surface area contributed by atoms with Crippen LogP contribution >= 0.6 is 24.0 Å². The first-order valence-corrected chi connectivity index (χ1v) is 10.3. The predicted octanol–water partition coefficient (Wildman–Crippen LogP) is 2.77. The lowest BCUT2D eigenvalue weighted by molar-refractivity contribution is 0.0657. The van der Waals surface area contributed by atoms with E-state index in [0.29, 0.717) is 24.8 Å². The van der Waals surface area contributed by atoms with E-state index in [9.17, 15) is 4.79 Å². The molecule has 0 spiro atoms. The van der Waals surface area contributed by atoms with Gasteiger partial charge in [-0.2, -0.15) is 5.10 Å². The molecule has 0 saturated carbocycles. The van der Waals surface area contributed by atoms with Crippen LogP contribution < -0.4 is 5.32 Å². The molecule has 1 aliphatic heterocycles. The lowest BCUT2D eigenvalue weighted by Gasteiger charge is -2.36. The Labute approximate surface area is 195 Å². The molecule has 2 aromatic rings. The second kappa shape index (κ2) is 11.4. The number of nitrogens with zero attached hydrogens (tertiary/aromatic N) is 5. The molecule has 1 atom stereocenters. The normalized spacial score (nSPS) is 15.7. The highest BCUT2D eigenvalue weighted by molar-refractivity contribution is 14.0. The second-order valence-electron chi connectivity index (χ2n) is 7.67. The van der Waals surface area contributed by atoms with Gasteiger partial charge in [-0.05, 0) is 44.9 Å². The lowest BCUT2D eigenvalue weighted by Crippen LogP contribution is -2.53. The minimum Gasteiger partial charge on any atom is -0.459 e. The Morgan fingerprint density at radius 3 is 2.53 bits per heavy atom. The number of carbonyl (C=O) groups is 1. The number of aliphatic imine (C=N–C) groups is 1. The molecular formula is C21H33IN6O2. The van der Waals surface area contributed by atoms with Gasteiger partial charge in [0.05, 0.1) is 12.0 Å². The monoisotopic (exact) mass is 528 g/mol. The van der Waals surface area contributed by atoms with Crippen molar-refractivity contribution >= 4 is 35.8 Å². The summed E-state index contributed by atoms with van der Waals surface area (Å²) in [6.45, 7) is 13.6. The van der Waals surface area contributed by atoms with Gasteiger partial charge in [0.15, 0.2) is 11.7 Å². The van der Waals surface area contributed by atoms with Gasteiger partial charge in [0.25, 0.3) is 5.91 Å². The molecule has 1 saturated heterocycles. The summed E-state index contributed by atoms with van der Waals surface area (Å²) in [6.07, 6.45) is 1.53. The number of aromatic nitrogens is 2. The molecule has 0 radical (unpaired) electrons. The third-order valence-electron chi connectivity index (χ3n) is 5.07. The minimum atomic E-state index is -0.0462. The number of guanidine groups is 1. The number of hydrogen-bond donors (Lipinski definition) is 1. The number of rotatable bonds is 6. The Hall–Kier alpha value is -2.04. The molecule has 1 unspecified atom stereocenters. The maximum absolute atomic E-state index is 12.4. The van der Waals surface area contributed by atoms with Gasteiger partial charge in [-0.15, -0.1) is 24.0 Å². The Kier molecular flexibility index (Phi) is 9.19. The van der Waals surface area contributed by atoms with Crippen LogP contribution in [0.25, 0.3) is 0 Å². The number of furan rings is 1. The molecule has 0 aliphatic carbocycles. The summed E-state index contributed by atoms with van der Waals surface area (Å²) in [5.74, 6) is 1.65. The number of piperazine rings is 1. The second-order valence-corrected chi connectivity index (χ2v) is 7.67. The summed E-state index contributed by atoms with van der Waals surface area (Å²) >= 11 is 0. The zero-order valence-electron chi connectivity index (χ0n) is 18.3. The van der Waals surface area contributed by atoms with Crippen LogP contribution in [0.5, 0.6) is 0 Å². The number of nitrogens with one attached hydrogen (secondary N) is 1. The highest BCUT2D eigenvalue weighted by atomic mass is 127. The van der Waals surface area contributed by atoms with Gasteiger partial charge < -0.3 is 19.5 Å². The van der Waals surface area contributed by atoms with Crippen molar-refractivity contribution in [2.24, 2.45) is 10.9 Å². The van der Waals surface area contributed by atoms with Gasteiger partial charge in [0, 0.05) is 51.5 Å². The lowest BCUT2D eigenvalue weighted by atomic mass is 10.2. The number of halogens is 1. The van der Waals surface area contributed by atoms with Crippen molar-refractivity contribution in [3.63, 3.8) is 0 Å². The molecule has 2 aromatic heterocycles. The molecule has 3 rings (SSSR count). The van der Waals surface area contributed by atoms with E-state index in [-0.39, 0.29) is 29.9 Å². The van der Waals surface area contributed by atoms with E-state index in [2.05, 4.69) is 46.8 Å². The summed E-state index contributed by atoms with van der Waals surface area (Å²) in [5, 5.41) is 7.94. The highest BCUT2D eigenvalue weighted by Crippen LogP contribution is 2.11. The fourth-order valence-corrected chi connectivity index (χ4v) is 3.56. The topological polar surface area (TPSA) is 78.9 Å². The van der Waals surface area contributed by atoms with Crippen molar-refractivity contribution in [1.82, 2.24) is 24.9 Å². The number of carbonyl (C=O) groups excluding carboxylic acids is 1. The Balaban J connectivity index is 0.00000320. The van der Waals surface area contributed by atoms with E-state index in [1.165, 1.54) is 12.0 Å². The maximum atomic E-state index is 12.4. The molecule has 3 heterocycles. The Morgan fingerprint density at radius 2 is 1.97 bits per heavy atom. The molecule has 30 heavy (non-hydrogen) atoms. The molecule has 9 heteroatoms. The van der Waals surface area contributed by atoms with Gasteiger partial charge in [-0.1, -0.05) is 6.92 Å². The molecule has 166 valence electrons. The molecule has 1 fully saturated rings. The van der Waals surface area contributed by atoms with E-state index in [1.807, 2.05) is 11.8 Å². The molecule has 0 aromatic carbocycles. The fourth-order valence-electron chi connectivity index (χ4n) is 3.56. The zero-order chi connectivity index (χ0) is 20.8. The standard InChI is InChI=1S/C21H32N6O2.HI/c1-5-22-21(23-14-16(2)15-27-18(4)13-17(3)24-27)26-10-8-25(9-11-26)20(28)19-7-6-12-29-19;/h6-7,12-13,16H,5,8-11,14-15H2,1-4H3,(H,22,23);1H. The van der Waals surface area contributed by atoms with Crippen LogP contribution in [0.2, 0.25) is 0 Å². The van der Waals surface area contributed by atoms with Crippen molar-refractivity contribution in [3.8, 4) is 0 Å². The third-order valence-corrected chi connectivity index (χ3v) is 5.07. The molecule has 1 amide bonds. The van der Waals surface area contributed by atoms with Crippen LogP contribution in [0.15, 0.2) is 33.9 Å². The number of aryl methyl sites for hydroxylation is 2. The van der Waals surface area contributed by atoms with Crippen LogP contribution in [0.4, 0.5) is 0 Å². The van der Waals surface area contributed by atoms with Crippen LogP contribution in [0, 0.1) is 19.8 Å². The van der Waals surface area contributed by atoms with Crippen LogP contribution in [0.1, 0.15) is 35.8 Å². The van der Waals surface area contributed by atoms with Gasteiger partial charge in [-0.3, -0.25) is 14.5 Å². The first-order valence-electron chi connectivity index (χ1n) is 10.3. The van der Waals surface area contributed by atoms with Crippen molar-refractivity contribution in [1.29, 1.82) is 0 Å². The van der Waals surface area contributed by atoms with Crippen molar-refractivity contribution in [3.05, 3.63) is 41.6 Å². The smallest absolute Gasteiger partial charge is 0.289 e. The number of hydrogen-bond acceptors (Lipinski definition) is 4. The van der Waals surface area contributed by atoms with Crippen molar-refractivity contribution in [2.75, 3.05) is 39.3 Å². The molecular weight excluding hydrogens is 495 g/mol. The Bertz CT molecular complexity index is 825. The van der Waals surface area contributed by atoms with Gasteiger partial charge in [0.1, 0.15) is 0 Å². The van der Waals surface area contributed by atoms with Crippen LogP contribution in [-0.4, -0.2) is 70.7 Å². The van der Waals surface area contributed by atoms with Gasteiger partial charge in [-0.25, -0.2) is 0 Å². The molecule has 1 aliphatic rings. The van der Waals surface area contributed by atoms with E-state index < -0.39 is 0 Å². The van der Waals surface area contributed by atoms with Gasteiger partial charge >= 0.3 is 0 Å². The van der Waals surface area contributed by atoms with E-state index in [4.69, 9.17) is 9.41 Å². The third kappa shape index (κ3) is 6.23. The van der Waals surface area contributed by atoms with E-state index in [1.54, 1.807) is 12.1 Å². The summed E-state index contributed by atoms with van der Waals surface area (Å²) < 4.78 is 7.29. The average Bonchev–Trinajstić information content (AvgIpc) is 3.35. The Morgan fingerprint density at radius 1 is 1.27 bits per heavy atom. The molecule has 1 N–H and O–H groups in total. The zero-order valence-corrected chi connectivity index (χ0v) is 20.6. The maximum Gasteiger partial charge on any atom is 0.289 e. The summed E-state index contributed by atoms with van der Waals surface area (Å²) in [6, 6.07) is 5.56. The predicted molar refractivity (Wildman–Crippen MR) is 128 cm³/mol. The minimum absolute atomic E-state index is 0. The largest absolute Gasteiger partial charge is 0.459 e. The van der Waals surface area contributed by atoms with Crippen LogP contribution in [-0.2, 0) is 6.54 Å². The summed E-state index contributed by atoms with van der Waals surface area (Å²) in [4.78, 5) is 21.4. The fraction of sp³-hybridized carbons (Fsp3) is 0.571. The quantitative estimate of drug-likeness (QED) is 0.355.